The Kier molecular flexibility index (Phi) is 1.40. The molecule has 0 radical (unpaired) electrons. The Morgan fingerprint density at radius 3 is 3.00 bits per heavy atom. The molecule has 0 aliphatic carbocycles. The van der Waals surface area contributed by atoms with Crippen LogP contribution in [0.1, 0.15) is 0 Å². The van der Waals surface area contributed by atoms with E-state index in [1.807, 2.05) is 12.1 Å². The van der Waals surface area contributed by atoms with Gasteiger partial charge in [0.25, 0.3) is 5.78 Å². The van der Waals surface area contributed by atoms with Gasteiger partial charge in [0.15, 0.2) is 0 Å². The van der Waals surface area contributed by atoms with E-state index in [4.69, 9.17) is 11.6 Å². The van der Waals surface area contributed by atoms with Gasteiger partial charge in [-0.05, 0) is 22.6 Å². The first-order valence-corrected chi connectivity index (χ1v) is 4.23. The molecule has 2 heterocycles. The number of halogens is 1. The van der Waals surface area contributed by atoms with Crippen molar-refractivity contribution >= 4 is 28.4 Å². The Hall–Kier alpha value is -1.82. The molecule has 0 fully saturated rings. The molecule has 3 aromatic rings. The molecule has 1 aromatic carbocycles. The van der Waals surface area contributed by atoms with Gasteiger partial charge in [-0.25, -0.2) is 0 Å². The molecule has 7 heteroatoms. The smallest absolute Gasteiger partial charge is 0.173 e. The lowest BCUT2D eigenvalue weighted by Gasteiger charge is -1.97. The number of tetrazole rings is 1. The summed E-state index contributed by atoms with van der Waals surface area (Å²) in [4.78, 5) is 0. The van der Waals surface area contributed by atoms with Crippen molar-refractivity contribution in [2.45, 2.75) is 0 Å². The van der Waals surface area contributed by atoms with Crippen LogP contribution >= 0.6 is 11.6 Å². The van der Waals surface area contributed by atoms with Gasteiger partial charge in [-0.15, -0.1) is 10.2 Å². The fourth-order valence-corrected chi connectivity index (χ4v) is 1.48. The van der Waals surface area contributed by atoms with Crippen molar-refractivity contribution < 1.29 is 0 Å². The highest BCUT2D eigenvalue weighted by Crippen LogP contribution is 2.19. The number of benzene rings is 1. The normalized spacial score (nSPS) is 11.2. The van der Waals surface area contributed by atoms with Crippen molar-refractivity contribution in [3.8, 4) is 0 Å². The summed E-state index contributed by atoms with van der Waals surface area (Å²) < 4.78 is 1.49. The maximum absolute atomic E-state index is 5.94. The van der Waals surface area contributed by atoms with Gasteiger partial charge in [-0.1, -0.05) is 22.8 Å². The van der Waals surface area contributed by atoms with Gasteiger partial charge in [0.05, 0.1) is 10.5 Å². The van der Waals surface area contributed by atoms with Crippen LogP contribution in [0.5, 0.6) is 0 Å². The fraction of sp³-hybridized carbons (Fsp3) is 0. The third kappa shape index (κ3) is 0.882. The lowest BCUT2D eigenvalue weighted by atomic mass is 10.3. The average molecular weight is 207 g/mol. The van der Waals surface area contributed by atoms with Crippen molar-refractivity contribution in [1.29, 1.82) is 0 Å². The Morgan fingerprint density at radius 1 is 1.14 bits per heavy atom. The van der Waals surface area contributed by atoms with Crippen molar-refractivity contribution in [1.82, 2.24) is 30.2 Å². The third-order valence-electron chi connectivity index (χ3n) is 1.89. The van der Waals surface area contributed by atoms with Crippen LogP contribution in [0.15, 0.2) is 18.2 Å². The van der Waals surface area contributed by atoms with Crippen LogP contribution in [-0.4, -0.2) is 30.2 Å². The van der Waals surface area contributed by atoms with E-state index in [1.54, 1.807) is 6.07 Å². The van der Waals surface area contributed by atoms with Gasteiger partial charge in [0.2, 0.25) is 0 Å². The maximum atomic E-state index is 5.94. The highest BCUT2D eigenvalue weighted by Gasteiger charge is 2.07. The van der Waals surface area contributed by atoms with Gasteiger partial charge in [0.1, 0.15) is 5.52 Å². The minimum absolute atomic E-state index is 0.361. The van der Waals surface area contributed by atoms with E-state index >= 15 is 0 Å². The minimum atomic E-state index is 0.361. The lowest BCUT2D eigenvalue weighted by molar-refractivity contribution is 0.837. The molecule has 0 atom stereocenters. The van der Waals surface area contributed by atoms with E-state index in [0.29, 0.717) is 16.3 Å². The van der Waals surface area contributed by atoms with Crippen LogP contribution in [-0.2, 0) is 0 Å². The number of rotatable bonds is 0. The minimum Gasteiger partial charge on any atom is -0.173 e. The summed E-state index contributed by atoms with van der Waals surface area (Å²) in [6.45, 7) is 0. The predicted octanol–water partition coefficient (Wildman–Crippen LogP) is 0.721. The number of fused-ring (bicyclic) bond motifs is 3. The Bertz CT molecular complexity index is 618. The first kappa shape index (κ1) is 7.57. The summed E-state index contributed by atoms with van der Waals surface area (Å²) in [6, 6.07) is 5.39. The van der Waals surface area contributed by atoms with Crippen LogP contribution in [0.3, 0.4) is 0 Å². The molecule has 0 aliphatic heterocycles. The van der Waals surface area contributed by atoms with Gasteiger partial charge in [-0.3, -0.25) is 0 Å². The predicted molar refractivity (Wildman–Crippen MR) is 48.9 cm³/mol. The second-order valence-electron chi connectivity index (χ2n) is 2.70. The number of hydrogen-bond acceptors (Lipinski definition) is 5. The van der Waals surface area contributed by atoms with E-state index in [-0.39, 0.29) is 0 Å². The molecule has 0 aliphatic rings. The van der Waals surface area contributed by atoms with Crippen molar-refractivity contribution in [3.05, 3.63) is 23.2 Å². The zero-order chi connectivity index (χ0) is 9.54. The third-order valence-corrected chi connectivity index (χ3v) is 2.19. The average Bonchev–Trinajstić information content (AvgIpc) is 2.66. The van der Waals surface area contributed by atoms with Gasteiger partial charge in [-0.2, -0.15) is 4.52 Å². The fourth-order valence-electron chi connectivity index (χ4n) is 1.27. The van der Waals surface area contributed by atoms with E-state index in [1.165, 1.54) is 4.52 Å². The zero-order valence-corrected chi connectivity index (χ0v) is 7.55. The molecule has 2 aromatic heterocycles. The standard InChI is InChI=1S/C7H3ClN6/c8-4-2-1-3-5-6(4)9-10-7-11-12-13-14(5)7/h1-3H. The Morgan fingerprint density at radius 2 is 2.07 bits per heavy atom. The van der Waals surface area contributed by atoms with E-state index in [9.17, 15) is 0 Å². The molecule has 0 saturated carbocycles. The van der Waals surface area contributed by atoms with E-state index in [2.05, 4.69) is 25.7 Å². The molecule has 0 N–H and O–H groups in total. The van der Waals surface area contributed by atoms with Gasteiger partial charge < -0.3 is 0 Å². The highest BCUT2D eigenvalue weighted by molar-refractivity contribution is 6.34. The number of nitrogens with zero attached hydrogens (tertiary/aromatic N) is 6. The molecule has 68 valence electrons. The maximum Gasteiger partial charge on any atom is 0.292 e. The summed E-state index contributed by atoms with van der Waals surface area (Å²) in [5, 5.41) is 19.3. The summed E-state index contributed by atoms with van der Waals surface area (Å²) in [5.74, 6) is 0.361. The topological polar surface area (TPSA) is 68.9 Å². The van der Waals surface area contributed by atoms with Crippen LogP contribution in [0.2, 0.25) is 5.02 Å². The monoisotopic (exact) mass is 206 g/mol. The zero-order valence-electron chi connectivity index (χ0n) is 6.79. The van der Waals surface area contributed by atoms with Crippen LogP contribution < -0.4 is 0 Å². The van der Waals surface area contributed by atoms with Gasteiger partial charge in [0, 0.05) is 0 Å². The Labute approximate surface area is 82.5 Å². The largest absolute Gasteiger partial charge is 0.292 e. The van der Waals surface area contributed by atoms with Crippen LogP contribution in [0.4, 0.5) is 0 Å². The quantitative estimate of drug-likeness (QED) is 0.542. The highest BCUT2D eigenvalue weighted by atomic mass is 35.5. The van der Waals surface area contributed by atoms with Crippen molar-refractivity contribution in [2.75, 3.05) is 0 Å². The van der Waals surface area contributed by atoms with Crippen molar-refractivity contribution in [2.24, 2.45) is 0 Å². The summed E-state index contributed by atoms with van der Waals surface area (Å²) in [6.07, 6.45) is 0. The second kappa shape index (κ2) is 2.58. The molecule has 6 nitrogen and oxygen atoms in total. The van der Waals surface area contributed by atoms with Gasteiger partial charge >= 0.3 is 0 Å². The molecule has 0 saturated heterocycles. The van der Waals surface area contributed by atoms with Crippen LogP contribution in [0, 0.1) is 0 Å². The Balaban J connectivity index is 2.64. The van der Waals surface area contributed by atoms with E-state index in [0.717, 1.165) is 5.52 Å². The molecule has 0 spiro atoms. The molecule has 0 amide bonds. The second-order valence-corrected chi connectivity index (χ2v) is 3.11. The molecule has 0 unspecified atom stereocenters. The first-order chi connectivity index (χ1) is 6.86. The molecule has 3 rings (SSSR count). The first-order valence-electron chi connectivity index (χ1n) is 3.85. The summed E-state index contributed by atoms with van der Waals surface area (Å²) in [7, 11) is 0. The summed E-state index contributed by atoms with van der Waals surface area (Å²) >= 11 is 5.94. The molecule has 0 bridgehead atoms. The van der Waals surface area contributed by atoms with E-state index < -0.39 is 0 Å². The number of aromatic nitrogens is 6. The summed E-state index contributed by atoms with van der Waals surface area (Å²) in [5.41, 5.74) is 1.33. The molecular formula is C7H3ClN6. The van der Waals surface area contributed by atoms with Crippen molar-refractivity contribution in [3.63, 3.8) is 0 Å². The molecule has 14 heavy (non-hydrogen) atoms. The number of hydrogen-bond donors (Lipinski definition) is 0. The van der Waals surface area contributed by atoms with Crippen LogP contribution in [0.25, 0.3) is 16.8 Å². The SMILES string of the molecule is Clc1cccc2c1nnc1nnnn12. The molecular weight excluding hydrogens is 204 g/mol. The lowest BCUT2D eigenvalue weighted by Crippen LogP contribution is -1.96.